The van der Waals surface area contributed by atoms with E-state index in [4.69, 9.17) is 0 Å². The standard InChI is InChI=1S/C15H23N3/c1-3-16-12-8-13-6-7-14(9-12)18(13)15-5-4-11(2)17-10-15/h4-5,10,12-14,16H,3,6-9H2,1-2H3. The number of fused-ring (bicyclic) bond motifs is 2. The minimum absolute atomic E-state index is 0.720. The van der Waals surface area contributed by atoms with E-state index in [1.54, 1.807) is 0 Å². The Bertz CT molecular complexity index is 387. The molecule has 2 saturated heterocycles. The molecule has 3 rings (SSSR count). The summed E-state index contributed by atoms with van der Waals surface area (Å²) in [4.78, 5) is 7.07. The number of rotatable bonds is 3. The van der Waals surface area contributed by atoms with E-state index in [-0.39, 0.29) is 0 Å². The number of pyridine rings is 1. The Labute approximate surface area is 110 Å². The molecule has 2 atom stereocenters. The highest BCUT2D eigenvalue weighted by atomic mass is 15.2. The molecule has 0 aromatic carbocycles. The molecule has 0 amide bonds. The minimum atomic E-state index is 0.720. The van der Waals surface area contributed by atoms with Crippen molar-refractivity contribution in [2.45, 2.75) is 57.7 Å². The highest BCUT2D eigenvalue weighted by Crippen LogP contribution is 2.38. The summed E-state index contributed by atoms with van der Waals surface area (Å²) in [7, 11) is 0. The molecule has 1 aromatic heterocycles. The van der Waals surface area contributed by atoms with Crippen LogP contribution in [0.15, 0.2) is 18.3 Å². The van der Waals surface area contributed by atoms with Crippen molar-refractivity contribution in [2.24, 2.45) is 0 Å². The van der Waals surface area contributed by atoms with Crippen molar-refractivity contribution in [1.82, 2.24) is 10.3 Å². The quantitative estimate of drug-likeness (QED) is 0.887. The van der Waals surface area contributed by atoms with Crippen LogP contribution in [0.5, 0.6) is 0 Å². The first-order valence-corrected chi connectivity index (χ1v) is 7.22. The van der Waals surface area contributed by atoms with Crippen molar-refractivity contribution < 1.29 is 0 Å². The maximum absolute atomic E-state index is 4.45. The summed E-state index contributed by atoms with van der Waals surface area (Å²) < 4.78 is 0. The van der Waals surface area contributed by atoms with Gasteiger partial charge in [-0.05, 0) is 51.3 Å². The molecule has 0 saturated carbocycles. The van der Waals surface area contributed by atoms with Crippen LogP contribution in [0, 0.1) is 6.92 Å². The van der Waals surface area contributed by atoms with Crippen molar-refractivity contribution in [3.63, 3.8) is 0 Å². The van der Waals surface area contributed by atoms with Gasteiger partial charge in [0.25, 0.3) is 0 Å². The van der Waals surface area contributed by atoms with Crippen molar-refractivity contribution in [1.29, 1.82) is 0 Å². The van der Waals surface area contributed by atoms with Gasteiger partial charge in [-0.25, -0.2) is 0 Å². The molecule has 2 fully saturated rings. The number of nitrogens with zero attached hydrogens (tertiary/aromatic N) is 2. The van der Waals surface area contributed by atoms with Crippen molar-refractivity contribution >= 4 is 5.69 Å². The van der Waals surface area contributed by atoms with E-state index in [1.807, 2.05) is 6.20 Å². The van der Waals surface area contributed by atoms with E-state index in [1.165, 1.54) is 31.4 Å². The summed E-state index contributed by atoms with van der Waals surface area (Å²) in [5.41, 5.74) is 2.43. The van der Waals surface area contributed by atoms with E-state index in [2.05, 4.69) is 41.2 Å². The maximum atomic E-state index is 4.45. The van der Waals surface area contributed by atoms with Gasteiger partial charge in [0.15, 0.2) is 0 Å². The van der Waals surface area contributed by atoms with Crippen LogP contribution in [0.3, 0.4) is 0 Å². The predicted molar refractivity (Wildman–Crippen MR) is 75.0 cm³/mol. The van der Waals surface area contributed by atoms with Crippen molar-refractivity contribution in [3.8, 4) is 0 Å². The Morgan fingerprint density at radius 2 is 2.00 bits per heavy atom. The minimum Gasteiger partial charge on any atom is -0.364 e. The van der Waals surface area contributed by atoms with E-state index in [0.29, 0.717) is 0 Å². The second kappa shape index (κ2) is 4.88. The third-order valence-corrected chi connectivity index (χ3v) is 4.42. The number of aryl methyl sites for hydroxylation is 1. The van der Waals surface area contributed by atoms with Gasteiger partial charge in [-0.15, -0.1) is 0 Å². The third-order valence-electron chi connectivity index (χ3n) is 4.42. The van der Waals surface area contributed by atoms with Gasteiger partial charge in [0.1, 0.15) is 0 Å². The highest BCUT2D eigenvalue weighted by Gasteiger charge is 2.40. The van der Waals surface area contributed by atoms with E-state index >= 15 is 0 Å². The molecule has 98 valence electrons. The molecule has 3 nitrogen and oxygen atoms in total. The summed E-state index contributed by atoms with van der Waals surface area (Å²) in [6.07, 6.45) is 7.32. The zero-order valence-electron chi connectivity index (χ0n) is 11.4. The first kappa shape index (κ1) is 12.0. The lowest BCUT2D eigenvalue weighted by Crippen LogP contribution is -2.49. The summed E-state index contributed by atoms with van der Waals surface area (Å²) in [6, 6.07) is 6.53. The van der Waals surface area contributed by atoms with Crippen LogP contribution in [-0.2, 0) is 0 Å². The summed E-state index contributed by atoms with van der Waals surface area (Å²) in [5.74, 6) is 0. The molecular formula is C15H23N3. The van der Waals surface area contributed by atoms with Crippen LogP contribution in [0.25, 0.3) is 0 Å². The summed E-state index contributed by atoms with van der Waals surface area (Å²) >= 11 is 0. The Morgan fingerprint density at radius 3 is 2.56 bits per heavy atom. The molecule has 3 heterocycles. The zero-order chi connectivity index (χ0) is 12.5. The van der Waals surface area contributed by atoms with E-state index in [9.17, 15) is 0 Å². The fourth-order valence-electron chi connectivity index (χ4n) is 3.67. The Morgan fingerprint density at radius 1 is 1.28 bits per heavy atom. The zero-order valence-corrected chi connectivity index (χ0v) is 11.4. The summed E-state index contributed by atoms with van der Waals surface area (Å²) in [5, 5.41) is 3.62. The lowest BCUT2D eigenvalue weighted by Gasteiger charge is -2.40. The summed E-state index contributed by atoms with van der Waals surface area (Å²) in [6.45, 7) is 5.35. The van der Waals surface area contributed by atoms with Gasteiger partial charge < -0.3 is 10.2 Å². The number of piperidine rings is 1. The maximum Gasteiger partial charge on any atom is 0.0557 e. The first-order chi connectivity index (χ1) is 8.78. The van der Waals surface area contributed by atoms with Gasteiger partial charge in [-0.3, -0.25) is 4.98 Å². The molecular weight excluding hydrogens is 222 g/mol. The van der Waals surface area contributed by atoms with Crippen LogP contribution in [0.1, 0.15) is 38.3 Å². The van der Waals surface area contributed by atoms with Crippen LogP contribution in [0.2, 0.25) is 0 Å². The lowest BCUT2D eigenvalue weighted by molar-refractivity contribution is 0.361. The van der Waals surface area contributed by atoms with Gasteiger partial charge in [0, 0.05) is 23.8 Å². The van der Waals surface area contributed by atoms with Crippen molar-refractivity contribution in [2.75, 3.05) is 11.4 Å². The number of anilines is 1. The average Bonchev–Trinajstić information content (AvgIpc) is 2.63. The average molecular weight is 245 g/mol. The smallest absolute Gasteiger partial charge is 0.0557 e. The van der Waals surface area contributed by atoms with Gasteiger partial charge in [0.2, 0.25) is 0 Å². The molecule has 3 heteroatoms. The lowest BCUT2D eigenvalue weighted by atomic mass is 9.96. The second-order valence-electron chi connectivity index (χ2n) is 5.68. The van der Waals surface area contributed by atoms with Crippen molar-refractivity contribution in [3.05, 3.63) is 24.0 Å². The topological polar surface area (TPSA) is 28.2 Å². The molecule has 18 heavy (non-hydrogen) atoms. The number of nitrogens with one attached hydrogen (secondary N) is 1. The second-order valence-corrected chi connectivity index (χ2v) is 5.68. The molecule has 2 bridgehead atoms. The molecule has 0 spiro atoms. The molecule has 1 N–H and O–H groups in total. The Balaban J connectivity index is 1.77. The number of hydrogen-bond acceptors (Lipinski definition) is 3. The van der Waals surface area contributed by atoms with Crippen LogP contribution in [0.4, 0.5) is 5.69 Å². The molecule has 2 aliphatic rings. The van der Waals surface area contributed by atoms with E-state index < -0.39 is 0 Å². The third kappa shape index (κ3) is 2.12. The Hall–Kier alpha value is -1.09. The highest BCUT2D eigenvalue weighted by molar-refractivity contribution is 5.49. The molecule has 2 unspecified atom stereocenters. The van der Waals surface area contributed by atoms with Crippen LogP contribution < -0.4 is 10.2 Å². The normalized spacial score (nSPS) is 30.8. The number of hydrogen-bond donors (Lipinski definition) is 1. The fraction of sp³-hybridized carbons (Fsp3) is 0.667. The van der Waals surface area contributed by atoms with E-state index in [0.717, 1.165) is 30.4 Å². The number of aromatic nitrogens is 1. The SMILES string of the molecule is CCNC1CC2CCC(C1)N2c1ccc(C)nc1. The van der Waals surface area contributed by atoms with Gasteiger partial charge in [-0.1, -0.05) is 6.92 Å². The molecule has 0 radical (unpaired) electrons. The van der Waals surface area contributed by atoms with Gasteiger partial charge in [-0.2, -0.15) is 0 Å². The van der Waals surface area contributed by atoms with Gasteiger partial charge >= 0.3 is 0 Å². The largest absolute Gasteiger partial charge is 0.364 e. The van der Waals surface area contributed by atoms with Crippen LogP contribution in [-0.4, -0.2) is 29.7 Å². The molecule has 2 aliphatic heterocycles. The molecule has 0 aliphatic carbocycles. The monoisotopic (exact) mass is 245 g/mol. The first-order valence-electron chi connectivity index (χ1n) is 7.22. The predicted octanol–water partition coefficient (Wildman–Crippen LogP) is 2.50. The van der Waals surface area contributed by atoms with Gasteiger partial charge in [0.05, 0.1) is 11.9 Å². The Kier molecular flexibility index (Phi) is 3.25. The fourth-order valence-corrected chi connectivity index (χ4v) is 3.67. The van der Waals surface area contributed by atoms with Crippen LogP contribution >= 0.6 is 0 Å². The molecule has 1 aromatic rings.